The van der Waals surface area contributed by atoms with Crippen LogP contribution in [-0.4, -0.2) is 34.5 Å². The van der Waals surface area contributed by atoms with Crippen molar-refractivity contribution in [2.45, 2.75) is 6.54 Å². The maximum atomic E-state index is 12.8. The van der Waals surface area contributed by atoms with E-state index in [1.807, 2.05) is 78.2 Å². The quantitative estimate of drug-likeness (QED) is 0.479. The van der Waals surface area contributed by atoms with Gasteiger partial charge in [-0.3, -0.25) is 9.36 Å². The van der Waals surface area contributed by atoms with Gasteiger partial charge in [0.25, 0.3) is 0 Å². The number of halogens is 2. The summed E-state index contributed by atoms with van der Waals surface area (Å²) in [6, 6.07) is 18.8. The van der Waals surface area contributed by atoms with Gasteiger partial charge in [-0.15, -0.1) is 12.4 Å². The van der Waals surface area contributed by atoms with Gasteiger partial charge in [0.2, 0.25) is 5.91 Å². The predicted molar refractivity (Wildman–Crippen MR) is 125 cm³/mol. The van der Waals surface area contributed by atoms with Crippen LogP contribution in [-0.2, 0) is 11.3 Å². The van der Waals surface area contributed by atoms with E-state index >= 15 is 0 Å². The summed E-state index contributed by atoms with van der Waals surface area (Å²) >= 11 is 6.16. The summed E-state index contributed by atoms with van der Waals surface area (Å²) in [5.74, 6) is 0.495. The van der Waals surface area contributed by atoms with Crippen molar-refractivity contribution in [3.63, 3.8) is 0 Å². The van der Waals surface area contributed by atoms with Gasteiger partial charge in [0, 0.05) is 42.3 Å². The normalized spacial score (nSPS) is 10.5. The lowest BCUT2D eigenvalue weighted by molar-refractivity contribution is -0.116. The van der Waals surface area contributed by atoms with Crippen LogP contribution in [0.15, 0.2) is 66.9 Å². The highest BCUT2D eigenvalue weighted by molar-refractivity contribution is 6.30. The van der Waals surface area contributed by atoms with Crippen molar-refractivity contribution < 1.29 is 4.79 Å². The zero-order valence-electron chi connectivity index (χ0n) is 16.5. The number of imidazole rings is 1. The Morgan fingerprint density at radius 3 is 2.57 bits per heavy atom. The molecule has 4 rings (SSSR count). The molecule has 2 heterocycles. The van der Waals surface area contributed by atoms with Gasteiger partial charge in [0.1, 0.15) is 17.9 Å². The van der Waals surface area contributed by atoms with Gasteiger partial charge in [-0.25, -0.2) is 9.97 Å². The number of nitrogens with zero attached hydrogens (tertiary/aromatic N) is 4. The molecule has 8 heteroatoms. The molecule has 0 aliphatic rings. The second-order valence-electron chi connectivity index (χ2n) is 6.87. The highest BCUT2D eigenvalue weighted by Crippen LogP contribution is 2.26. The number of rotatable bonds is 5. The first-order valence-corrected chi connectivity index (χ1v) is 9.53. The second kappa shape index (κ2) is 9.15. The number of carbonyl (C=O) groups is 1. The Balaban J connectivity index is 0.00000256. The summed E-state index contributed by atoms with van der Waals surface area (Å²) in [4.78, 5) is 23.9. The molecule has 154 valence electrons. The molecule has 30 heavy (non-hydrogen) atoms. The zero-order chi connectivity index (χ0) is 20.4. The minimum Gasteiger partial charge on any atom is -0.378 e. The van der Waals surface area contributed by atoms with Crippen LogP contribution >= 0.6 is 24.0 Å². The Kier molecular flexibility index (Phi) is 6.59. The molecule has 0 atom stereocenters. The van der Waals surface area contributed by atoms with Crippen LogP contribution in [0.2, 0.25) is 5.02 Å². The van der Waals surface area contributed by atoms with Gasteiger partial charge < -0.3 is 10.2 Å². The van der Waals surface area contributed by atoms with Gasteiger partial charge in [0.15, 0.2) is 5.65 Å². The lowest BCUT2D eigenvalue weighted by Gasteiger charge is -2.13. The fraction of sp³-hybridized carbons (Fsp3) is 0.136. The molecule has 0 bridgehead atoms. The van der Waals surface area contributed by atoms with Crippen molar-refractivity contribution in [3.05, 3.63) is 71.9 Å². The highest BCUT2D eigenvalue weighted by atomic mass is 35.5. The zero-order valence-corrected chi connectivity index (χ0v) is 18.1. The maximum absolute atomic E-state index is 12.8. The van der Waals surface area contributed by atoms with E-state index in [0.29, 0.717) is 16.5 Å². The number of pyridine rings is 1. The largest absolute Gasteiger partial charge is 0.378 e. The van der Waals surface area contributed by atoms with Crippen LogP contribution in [0.4, 0.5) is 11.4 Å². The molecule has 0 unspecified atom stereocenters. The van der Waals surface area contributed by atoms with Crippen molar-refractivity contribution in [2.75, 3.05) is 24.3 Å². The third kappa shape index (κ3) is 4.56. The number of anilines is 2. The summed E-state index contributed by atoms with van der Waals surface area (Å²) in [7, 11) is 3.95. The first kappa shape index (κ1) is 21.6. The van der Waals surface area contributed by atoms with Gasteiger partial charge in [0.05, 0.1) is 0 Å². The van der Waals surface area contributed by atoms with Gasteiger partial charge in [-0.05, 0) is 48.5 Å². The average molecular weight is 442 g/mol. The second-order valence-corrected chi connectivity index (χ2v) is 7.30. The standard InChI is InChI=1S/C22H20ClN5O.ClH/c1-27(2)18-10-8-17(9-11-18)25-20(29)14-28-21(15-5-3-6-16(23)13-15)26-19-7-4-12-24-22(19)28;/h3-13H,14H2,1-2H3,(H,25,29);1H. The lowest BCUT2D eigenvalue weighted by atomic mass is 10.2. The van der Waals surface area contributed by atoms with Crippen LogP contribution in [0.5, 0.6) is 0 Å². The van der Waals surface area contributed by atoms with E-state index < -0.39 is 0 Å². The van der Waals surface area contributed by atoms with Crippen molar-refractivity contribution in [3.8, 4) is 11.4 Å². The minimum absolute atomic E-state index is 0. The van der Waals surface area contributed by atoms with Crippen molar-refractivity contribution in [1.82, 2.24) is 14.5 Å². The molecule has 0 aliphatic heterocycles. The van der Waals surface area contributed by atoms with E-state index in [1.54, 1.807) is 12.3 Å². The summed E-state index contributed by atoms with van der Waals surface area (Å²) < 4.78 is 1.81. The SMILES string of the molecule is CN(C)c1ccc(NC(=O)Cn2c(-c3cccc(Cl)c3)nc3cccnc32)cc1.Cl. The molecule has 6 nitrogen and oxygen atoms in total. The summed E-state index contributed by atoms with van der Waals surface area (Å²) in [5, 5.41) is 3.55. The van der Waals surface area contributed by atoms with Crippen LogP contribution < -0.4 is 10.2 Å². The molecular formula is C22H21Cl2N5O. The third-order valence-corrected chi connectivity index (χ3v) is 4.79. The molecule has 2 aromatic heterocycles. The Bertz CT molecular complexity index is 1170. The summed E-state index contributed by atoms with van der Waals surface area (Å²) in [6.45, 7) is 0.0881. The molecule has 2 aromatic carbocycles. The van der Waals surface area contributed by atoms with E-state index in [-0.39, 0.29) is 24.9 Å². The predicted octanol–water partition coefficient (Wildman–Crippen LogP) is 4.88. The van der Waals surface area contributed by atoms with Crippen molar-refractivity contribution in [1.29, 1.82) is 0 Å². The fourth-order valence-corrected chi connectivity index (χ4v) is 3.33. The number of hydrogen-bond donors (Lipinski definition) is 1. The van der Waals surface area contributed by atoms with E-state index in [4.69, 9.17) is 11.6 Å². The van der Waals surface area contributed by atoms with Gasteiger partial charge >= 0.3 is 0 Å². The van der Waals surface area contributed by atoms with Crippen molar-refractivity contribution in [2.24, 2.45) is 0 Å². The third-order valence-electron chi connectivity index (χ3n) is 4.56. The number of amides is 1. The molecule has 0 fully saturated rings. The monoisotopic (exact) mass is 441 g/mol. The number of aromatic nitrogens is 3. The molecule has 0 radical (unpaired) electrons. The number of hydrogen-bond acceptors (Lipinski definition) is 4. The smallest absolute Gasteiger partial charge is 0.244 e. The number of carbonyl (C=O) groups excluding carboxylic acids is 1. The molecular weight excluding hydrogens is 421 g/mol. The van der Waals surface area contributed by atoms with Gasteiger partial charge in [-0.1, -0.05) is 23.7 Å². The summed E-state index contributed by atoms with van der Waals surface area (Å²) in [5.41, 5.74) is 4.02. The van der Waals surface area contributed by atoms with Crippen LogP contribution in [0.3, 0.4) is 0 Å². The molecule has 0 spiro atoms. The van der Waals surface area contributed by atoms with E-state index in [1.165, 1.54) is 0 Å². The topological polar surface area (TPSA) is 63.1 Å². The molecule has 4 aromatic rings. The summed E-state index contributed by atoms with van der Waals surface area (Å²) in [6.07, 6.45) is 1.69. The molecule has 1 N–H and O–H groups in total. The van der Waals surface area contributed by atoms with Gasteiger partial charge in [-0.2, -0.15) is 0 Å². The first-order chi connectivity index (χ1) is 14.0. The Morgan fingerprint density at radius 1 is 1.10 bits per heavy atom. The fourth-order valence-electron chi connectivity index (χ4n) is 3.14. The van der Waals surface area contributed by atoms with Crippen LogP contribution in [0, 0.1) is 0 Å². The molecule has 0 saturated heterocycles. The van der Waals surface area contributed by atoms with Crippen molar-refractivity contribution >= 4 is 52.5 Å². The van der Waals surface area contributed by atoms with E-state index in [9.17, 15) is 4.79 Å². The Labute approximate surface area is 185 Å². The maximum Gasteiger partial charge on any atom is 0.244 e. The first-order valence-electron chi connectivity index (χ1n) is 9.16. The van der Waals surface area contributed by atoms with E-state index in [0.717, 1.165) is 22.5 Å². The van der Waals surface area contributed by atoms with Crippen LogP contribution in [0.1, 0.15) is 0 Å². The van der Waals surface area contributed by atoms with Crippen LogP contribution in [0.25, 0.3) is 22.6 Å². The lowest BCUT2D eigenvalue weighted by Crippen LogP contribution is -2.19. The minimum atomic E-state index is -0.157. The number of nitrogens with one attached hydrogen (secondary N) is 1. The Morgan fingerprint density at radius 2 is 1.87 bits per heavy atom. The molecule has 0 aliphatic carbocycles. The number of benzene rings is 2. The van der Waals surface area contributed by atoms with E-state index in [2.05, 4.69) is 15.3 Å². The number of fused-ring (bicyclic) bond motifs is 1. The Hall–Kier alpha value is -3.09. The average Bonchev–Trinajstić information content (AvgIpc) is 3.07. The molecule has 1 amide bonds. The molecule has 0 saturated carbocycles. The highest BCUT2D eigenvalue weighted by Gasteiger charge is 2.16.